The van der Waals surface area contributed by atoms with Crippen molar-refractivity contribution in [2.45, 2.75) is 39.5 Å². The van der Waals surface area contributed by atoms with Gasteiger partial charge in [-0.1, -0.05) is 27.7 Å². The molecule has 0 aliphatic rings. The number of ether oxygens (including phenoxy) is 4. The Morgan fingerprint density at radius 2 is 1.19 bits per heavy atom. The van der Waals surface area contributed by atoms with Crippen LogP contribution in [-0.2, 0) is 4.70 Å². The van der Waals surface area contributed by atoms with E-state index in [2.05, 4.69) is 74.6 Å². The van der Waals surface area contributed by atoms with E-state index in [0.717, 1.165) is 26.0 Å². The van der Waals surface area contributed by atoms with Gasteiger partial charge in [-0.15, -0.1) is 0 Å². The number of halogens is 1. The fourth-order valence-corrected chi connectivity index (χ4v) is 5.36. The van der Waals surface area contributed by atoms with Crippen molar-refractivity contribution in [3.05, 3.63) is 88.1 Å². The van der Waals surface area contributed by atoms with Gasteiger partial charge in [0.15, 0.2) is 23.1 Å². The monoisotopic (exact) mass is 834 g/mol. The molecular weight excluding hydrogens is 794 g/mol. The molecule has 2 aromatic carbocycles. The third kappa shape index (κ3) is 10.6. The first-order chi connectivity index (χ1) is 25.3. The normalized spacial score (nSPS) is 10.4. The number of aromatic nitrogens is 4. The van der Waals surface area contributed by atoms with E-state index in [0.29, 0.717) is 47.3 Å². The van der Waals surface area contributed by atoms with Gasteiger partial charge in [-0.25, -0.2) is 9.97 Å². The van der Waals surface area contributed by atoms with Crippen molar-refractivity contribution >= 4 is 58.9 Å². The van der Waals surface area contributed by atoms with Crippen LogP contribution in [0.1, 0.15) is 50.7 Å². The third-order valence-electron chi connectivity index (χ3n) is 7.35. The Hall–Kier alpha value is -5.85. The van der Waals surface area contributed by atoms with Crippen molar-refractivity contribution in [3.8, 4) is 45.8 Å². The molecule has 53 heavy (non-hydrogen) atoms. The molecule has 276 valence electrons. The van der Waals surface area contributed by atoms with Gasteiger partial charge >= 0.3 is 40.3 Å². The molecule has 0 unspecified atom stereocenters. The number of hydrogen-bond donors (Lipinski definition) is 4. The number of hydrogen-bond acceptors (Lipinski definition) is 15. The van der Waals surface area contributed by atoms with Gasteiger partial charge in [-0.2, -0.15) is 9.97 Å². The molecule has 6 rings (SSSR count). The third-order valence-corrected chi connectivity index (χ3v) is 8.19. The number of anilines is 4. The van der Waals surface area contributed by atoms with Crippen molar-refractivity contribution < 1.29 is 32.5 Å². The molecule has 8 N–H and O–H groups in total. The van der Waals surface area contributed by atoms with Crippen molar-refractivity contribution in [1.29, 1.82) is 0 Å². The molecule has 0 saturated carbocycles. The van der Waals surface area contributed by atoms with Crippen LogP contribution in [0.15, 0.2) is 82.3 Å². The first-order valence-electron chi connectivity index (χ1n) is 16.1. The first-order valence-corrected chi connectivity index (χ1v) is 17.2. The van der Waals surface area contributed by atoms with Crippen LogP contribution in [0.5, 0.6) is 34.5 Å². The quantitative estimate of drug-likeness (QED) is 0.0807. The minimum absolute atomic E-state index is 0.0972. The Morgan fingerprint density at radius 1 is 0.679 bits per heavy atom. The molecule has 0 amide bonds. The van der Waals surface area contributed by atoms with Gasteiger partial charge in [-0.05, 0) is 70.8 Å². The van der Waals surface area contributed by atoms with E-state index in [1.807, 2.05) is 36.4 Å². The van der Waals surface area contributed by atoms with Crippen molar-refractivity contribution in [3.63, 3.8) is 0 Å². The van der Waals surface area contributed by atoms with Gasteiger partial charge in [0.25, 0.3) is 0 Å². The molecule has 4 aromatic heterocycles. The summed E-state index contributed by atoms with van der Waals surface area (Å²) in [5.41, 5.74) is 25.8. The summed E-state index contributed by atoms with van der Waals surface area (Å²) in [4.78, 5) is 15.7. The zero-order valence-electron chi connectivity index (χ0n) is 30.0. The fourth-order valence-electron chi connectivity index (χ4n) is 4.70. The average Bonchev–Trinajstić information content (AvgIpc) is 3.86. The van der Waals surface area contributed by atoms with Crippen LogP contribution >= 0.6 is 22.6 Å². The summed E-state index contributed by atoms with van der Waals surface area (Å²) in [7, 11) is 3.94. The SMILES string of the molecule is COc1cc(C(C)C)c(Oc2cnc(N)nc2N)cc1-c1ccco1.COc1cc(C(C)C)c(Oc2cnc(N)nc2N)cc1I.O=Bc1ccco1. The molecule has 0 fully saturated rings. The molecule has 15 nitrogen and oxygen atoms in total. The summed E-state index contributed by atoms with van der Waals surface area (Å²) in [5.74, 6) is 5.32. The van der Waals surface area contributed by atoms with Gasteiger partial charge < -0.3 is 46.3 Å². The number of benzene rings is 2. The summed E-state index contributed by atoms with van der Waals surface area (Å²) in [6.45, 7) is 8.29. The van der Waals surface area contributed by atoms with Crippen LogP contribution in [0.25, 0.3) is 11.3 Å². The van der Waals surface area contributed by atoms with Crippen LogP contribution in [0.2, 0.25) is 0 Å². The molecule has 0 atom stereocenters. The van der Waals surface area contributed by atoms with Crippen LogP contribution in [0, 0.1) is 3.57 Å². The van der Waals surface area contributed by atoms with E-state index in [9.17, 15) is 4.70 Å². The Kier molecular flexibility index (Phi) is 14.0. The predicted octanol–water partition coefficient (Wildman–Crippen LogP) is 6.95. The number of methoxy groups -OCH3 is 2. The van der Waals surface area contributed by atoms with E-state index < -0.39 is 0 Å². The topological polar surface area (TPSA) is 236 Å². The number of rotatable bonds is 10. The number of nitrogens with zero attached hydrogens (tertiary/aromatic N) is 4. The van der Waals surface area contributed by atoms with Crippen LogP contribution in [0.3, 0.4) is 0 Å². The Balaban J connectivity index is 0.000000202. The summed E-state index contributed by atoms with van der Waals surface area (Å²) in [5, 5.41) is 0. The van der Waals surface area contributed by atoms with Crippen LogP contribution in [-0.4, -0.2) is 41.3 Å². The molecule has 0 radical (unpaired) electrons. The molecule has 17 heteroatoms. The summed E-state index contributed by atoms with van der Waals surface area (Å²) in [6.07, 6.45) is 6.00. The van der Waals surface area contributed by atoms with Crippen LogP contribution < -0.4 is 47.5 Å². The molecule has 6 aromatic rings. The minimum atomic E-state index is 0.0972. The predicted molar refractivity (Wildman–Crippen MR) is 211 cm³/mol. The standard InChI is InChI=1S/C18H20N4O3.C14H17IN4O2.C4H3BO2/c1-10(2)11-7-14(23-3)12(13-5-4-6-24-13)8-15(11)25-16-9-21-18(20)22-17(16)19;1-7(2)8-4-11(20-3)9(15)5-10(8)21-12-6-18-14(17)19-13(12)16;6-5-4-2-1-3-7-4/h4-10H,1-3H3,(H4,19,20,21,22);4-7H,1-3H3,(H4,16,17,18,19);1-3H. The van der Waals surface area contributed by atoms with Gasteiger partial charge in [0.2, 0.25) is 11.9 Å². The van der Waals surface area contributed by atoms with E-state index >= 15 is 0 Å². The van der Waals surface area contributed by atoms with Gasteiger partial charge in [0, 0.05) is 11.1 Å². The summed E-state index contributed by atoms with van der Waals surface area (Å²) < 4.78 is 43.6. The Bertz CT molecular complexity index is 2110. The Morgan fingerprint density at radius 3 is 1.60 bits per heavy atom. The summed E-state index contributed by atoms with van der Waals surface area (Å²) in [6, 6.07) is 14.6. The second-order valence-corrected chi connectivity index (χ2v) is 12.9. The number of nitrogens with two attached hydrogens (primary N) is 4. The van der Waals surface area contributed by atoms with E-state index in [1.165, 1.54) is 18.7 Å². The van der Waals surface area contributed by atoms with E-state index in [1.54, 1.807) is 32.6 Å². The second-order valence-electron chi connectivity index (χ2n) is 11.7. The summed E-state index contributed by atoms with van der Waals surface area (Å²) >= 11 is 2.20. The van der Waals surface area contributed by atoms with Gasteiger partial charge in [0.05, 0.1) is 42.0 Å². The van der Waals surface area contributed by atoms with Crippen LogP contribution in [0.4, 0.5) is 23.5 Å². The first kappa shape index (κ1) is 39.9. The fraction of sp³-hybridized carbons (Fsp3) is 0.222. The maximum absolute atomic E-state index is 9.77. The molecule has 0 bridgehead atoms. The van der Waals surface area contributed by atoms with E-state index in [4.69, 9.17) is 46.3 Å². The molecule has 0 aliphatic carbocycles. The van der Waals surface area contributed by atoms with E-state index in [-0.39, 0.29) is 35.4 Å². The average molecular weight is 834 g/mol. The van der Waals surface area contributed by atoms with Crippen molar-refractivity contribution in [2.75, 3.05) is 37.2 Å². The zero-order chi connectivity index (χ0) is 38.7. The van der Waals surface area contributed by atoms with Crippen molar-refractivity contribution in [2.24, 2.45) is 0 Å². The zero-order valence-corrected chi connectivity index (χ0v) is 32.2. The molecule has 0 aliphatic heterocycles. The molecular formula is C36H40BIN8O7. The number of nitrogen functional groups attached to an aromatic ring is 4. The van der Waals surface area contributed by atoms with Gasteiger partial charge in [-0.3, -0.25) is 0 Å². The second kappa shape index (κ2) is 18.6. The maximum atomic E-state index is 9.77. The number of furan rings is 2. The molecule has 4 heterocycles. The van der Waals surface area contributed by atoms with Gasteiger partial charge in [0.1, 0.15) is 28.8 Å². The molecule has 0 saturated heterocycles. The van der Waals surface area contributed by atoms with Crippen molar-refractivity contribution in [1.82, 2.24) is 19.9 Å². The Labute approximate surface area is 320 Å². The molecule has 0 spiro atoms.